The lowest BCUT2D eigenvalue weighted by atomic mass is 10.0. The highest BCUT2D eigenvalue weighted by molar-refractivity contribution is 8.16. The summed E-state index contributed by atoms with van der Waals surface area (Å²) in [6.07, 6.45) is 2.97. The Bertz CT molecular complexity index is 1270. The fourth-order valence-electron chi connectivity index (χ4n) is 3.67. The van der Waals surface area contributed by atoms with Gasteiger partial charge in [0.1, 0.15) is 4.88 Å². The second kappa shape index (κ2) is 12.8. The van der Waals surface area contributed by atoms with Gasteiger partial charge in [-0.3, -0.25) is 9.80 Å². The van der Waals surface area contributed by atoms with Crippen LogP contribution in [0.4, 0.5) is 4.79 Å². The molecule has 1 aliphatic rings. The number of benzene rings is 1. The molecule has 9 heteroatoms. The van der Waals surface area contributed by atoms with E-state index in [0.29, 0.717) is 37.2 Å². The number of methoxy groups -OCH3 is 1. The minimum absolute atomic E-state index is 0.0614. The van der Waals surface area contributed by atoms with E-state index >= 15 is 0 Å². The third kappa shape index (κ3) is 7.24. The summed E-state index contributed by atoms with van der Waals surface area (Å²) in [4.78, 5) is 25.8. The number of aliphatic hydroxyl groups excluding tert-OH is 1. The average molecular weight is 539 g/mol. The zero-order valence-corrected chi connectivity index (χ0v) is 22.2. The number of thiophene rings is 2. The summed E-state index contributed by atoms with van der Waals surface area (Å²) in [7, 11) is 1.36. The van der Waals surface area contributed by atoms with Crippen molar-refractivity contribution in [2.45, 2.75) is 25.4 Å². The third-order valence-corrected chi connectivity index (χ3v) is 7.98. The molecule has 1 N–H and O–H groups in total. The molecule has 0 aliphatic carbocycles. The van der Waals surface area contributed by atoms with Crippen molar-refractivity contribution in [2.75, 3.05) is 20.2 Å². The lowest BCUT2D eigenvalue weighted by Crippen LogP contribution is -2.45. The standard InChI is InChI=1S/C27H26N2O4S3/c1-33-26(31)25-8-7-24(36-25)10-13-29-27(32)35-16-14-28(29)12-9-23(30)18-22-4-2-3-20(17-22)5-6-21-11-15-34-19-21/h2-4,7-8,11,14-17,19,23,30H,9-10,12-13,18H2,1H3. The van der Waals surface area contributed by atoms with Crippen LogP contribution < -0.4 is 0 Å². The number of hydrogen-bond acceptors (Lipinski definition) is 8. The maximum atomic E-state index is 12.6. The van der Waals surface area contributed by atoms with E-state index in [1.807, 2.05) is 58.4 Å². The second-order valence-corrected chi connectivity index (χ2v) is 10.9. The van der Waals surface area contributed by atoms with Gasteiger partial charge in [0.25, 0.3) is 0 Å². The Morgan fingerprint density at radius 3 is 2.81 bits per heavy atom. The first-order valence-corrected chi connectivity index (χ1v) is 14.1. The third-order valence-electron chi connectivity index (χ3n) is 5.50. The molecular formula is C27H26N2O4S3. The highest BCUT2D eigenvalue weighted by Crippen LogP contribution is 2.23. The SMILES string of the molecule is COC(=O)c1ccc(CCN2C(=O)SC=CN2CCC(O)Cc2cccc(C#Cc3ccsc3)c2)s1. The number of carbonyl (C=O) groups is 2. The molecule has 1 amide bonds. The van der Waals surface area contributed by atoms with Gasteiger partial charge in [-0.25, -0.2) is 9.80 Å². The number of aliphatic hydroxyl groups is 1. The lowest BCUT2D eigenvalue weighted by molar-refractivity contribution is 0.0548. The van der Waals surface area contributed by atoms with Crippen LogP contribution in [-0.4, -0.2) is 52.6 Å². The van der Waals surface area contributed by atoms with Gasteiger partial charge in [0.2, 0.25) is 0 Å². The molecule has 0 radical (unpaired) electrons. The van der Waals surface area contributed by atoms with E-state index < -0.39 is 6.10 Å². The average Bonchev–Trinajstić information content (AvgIpc) is 3.58. The largest absolute Gasteiger partial charge is 0.465 e. The number of nitrogens with zero attached hydrogens (tertiary/aromatic N) is 2. The van der Waals surface area contributed by atoms with Crippen LogP contribution in [-0.2, 0) is 17.6 Å². The van der Waals surface area contributed by atoms with Crippen LogP contribution in [0.15, 0.2) is 64.8 Å². The van der Waals surface area contributed by atoms with Crippen LogP contribution >= 0.6 is 34.4 Å². The van der Waals surface area contributed by atoms with Crippen molar-refractivity contribution in [3.63, 3.8) is 0 Å². The van der Waals surface area contributed by atoms with Crippen molar-refractivity contribution < 1.29 is 19.4 Å². The Morgan fingerprint density at radius 2 is 2.00 bits per heavy atom. The van der Waals surface area contributed by atoms with Gasteiger partial charge in [0.05, 0.1) is 13.2 Å². The zero-order chi connectivity index (χ0) is 25.3. The molecule has 186 valence electrons. The number of amides is 1. The zero-order valence-electron chi connectivity index (χ0n) is 19.8. The molecule has 0 spiro atoms. The van der Waals surface area contributed by atoms with Gasteiger partial charge in [-0.1, -0.05) is 24.0 Å². The number of hydrogen-bond donors (Lipinski definition) is 1. The minimum Gasteiger partial charge on any atom is -0.465 e. The van der Waals surface area contributed by atoms with Crippen LogP contribution in [0, 0.1) is 11.8 Å². The molecule has 3 heterocycles. The topological polar surface area (TPSA) is 70.1 Å². The van der Waals surface area contributed by atoms with Crippen LogP contribution in [0.2, 0.25) is 0 Å². The predicted molar refractivity (Wildman–Crippen MR) is 146 cm³/mol. The molecule has 6 nitrogen and oxygen atoms in total. The van der Waals surface area contributed by atoms with Crippen molar-refractivity contribution in [3.8, 4) is 11.8 Å². The van der Waals surface area contributed by atoms with Crippen LogP contribution in [0.25, 0.3) is 0 Å². The van der Waals surface area contributed by atoms with Gasteiger partial charge >= 0.3 is 11.2 Å². The van der Waals surface area contributed by atoms with E-state index in [-0.39, 0.29) is 11.2 Å². The van der Waals surface area contributed by atoms with E-state index in [4.69, 9.17) is 4.74 Å². The molecule has 0 bridgehead atoms. The predicted octanol–water partition coefficient (Wildman–Crippen LogP) is 5.39. The summed E-state index contributed by atoms with van der Waals surface area (Å²) >= 11 is 4.14. The Balaban J connectivity index is 1.30. The van der Waals surface area contributed by atoms with Gasteiger partial charge in [-0.05, 0) is 71.3 Å². The van der Waals surface area contributed by atoms with Crippen molar-refractivity contribution in [3.05, 3.63) is 91.3 Å². The maximum absolute atomic E-state index is 12.6. The smallest absolute Gasteiger partial charge is 0.348 e. The number of hydrazine groups is 1. The molecule has 1 unspecified atom stereocenters. The molecule has 1 aromatic carbocycles. The first kappa shape index (κ1) is 26.0. The Morgan fingerprint density at radius 1 is 1.14 bits per heavy atom. The van der Waals surface area contributed by atoms with Gasteiger partial charge in [-0.15, -0.1) is 11.3 Å². The molecule has 0 fully saturated rings. The molecule has 36 heavy (non-hydrogen) atoms. The van der Waals surface area contributed by atoms with E-state index in [1.54, 1.807) is 27.8 Å². The van der Waals surface area contributed by atoms with Gasteiger partial charge < -0.3 is 9.84 Å². The van der Waals surface area contributed by atoms with Crippen molar-refractivity contribution in [2.24, 2.45) is 0 Å². The quantitative estimate of drug-likeness (QED) is 0.291. The molecule has 4 rings (SSSR count). The highest BCUT2D eigenvalue weighted by Gasteiger charge is 2.23. The van der Waals surface area contributed by atoms with Crippen molar-refractivity contribution in [1.29, 1.82) is 0 Å². The molecule has 0 saturated carbocycles. The summed E-state index contributed by atoms with van der Waals surface area (Å²) in [6, 6.07) is 13.6. The molecule has 1 aliphatic heterocycles. The monoisotopic (exact) mass is 538 g/mol. The lowest BCUT2D eigenvalue weighted by Gasteiger charge is -2.36. The van der Waals surface area contributed by atoms with Crippen LogP contribution in [0.1, 0.15) is 37.7 Å². The van der Waals surface area contributed by atoms with Gasteiger partial charge in [0, 0.05) is 47.1 Å². The first-order valence-electron chi connectivity index (χ1n) is 11.4. The van der Waals surface area contributed by atoms with E-state index in [9.17, 15) is 14.7 Å². The number of thioether (sulfide) groups is 1. The second-order valence-electron chi connectivity index (χ2n) is 8.07. The Hall–Kier alpha value is -3.03. The summed E-state index contributed by atoms with van der Waals surface area (Å²) < 4.78 is 4.77. The molecule has 3 aromatic rings. The fraction of sp³-hybridized carbons (Fsp3) is 0.259. The first-order chi connectivity index (χ1) is 17.5. The molecule has 0 saturated heterocycles. The summed E-state index contributed by atoms with van der Waals surface area (Å²) in [5.74, 6) is 5.98. The van der Waals surface area contributed by atoms with E-state index in [2.05, 4.69) is 11.8 Å². The van der Waals surface area contributed by atoms with Gasteiger partial charge in [-0.2, -0.15) is 11.3 Å². The Kier molecular flexibility index (Phi) is 9.25. The van der Waals surface area contributed by atoms with E-state index in [1.165, 1.54) is 18.4 Å². The summed E-state index contributed by atoms with van der Waals surface area (Å²) in [6.45, 7) is 0.998. The maximum Gasteiger partial charge on any atom is 0.348 e. The van der Waals surface area contributed by atoms with E-state index in [0.717, 1.165) is 33.3 Å². The highest BCUT2D eigenvalue weighted by atomic mass is 32.2. The summed E-state index contributed by atoms with van der Waals surface area (Å²) in [5, 5.41) is 20.0. The Labute approximate surface area is 223 Å². The molecule has 2 aromatic heterocycles. The normalized spacial score (nSPS) is 13.9. The number of esters is 1. The summed E-state index contributed by atoms with van der Waals surface area (Å²) in [5.41, 5.74) is 2.94. The molecular weight excluding hydrogens is 513 g/mol. The van der Waals surface area contributed by atoms with Gasteiger partial charge in [0.15, 0.2) is 0 Å². The number of carbonyl (C=O) groups excluding carboxylic acids is 2. The van der Waals surface area contributed by atoms with Crippen LogP contribution in [0.5, 0.6) is 0 Å². The van der Waals surface area contributed by atoms with Crippen molar-refractivity contribution in [1.82, 2.24) is 10.0 Å². The number of rotatable bonds is 9. The van der Waals surface area contributed by atoms with Crippen molar-refractivity contribution >= 4 is 45.6 Å². The fourth-order valence-corrected chi connectivity index (χ4v) is 5.81. The molecule has 1 atom stereocenters. The minimum atomic E-state index is -0.551. The number of ether oxygens (including phenoxy) is 1. The van der Waals surface area contributed by atoms with Crippen LogP contribution in [0.3, 0.4) is 0 Å².